The molecule has 0 bridgehead atoms. The fourth-order valence-corrected chi connectivity index (χ4v) is 2.34. The van der Waals surface area contributed by atoms with Gasteiger partial charge in [0.15, 0.2) is 5.69 Å². The molecule has 3 rings (SSSR count). The number of fused-ring (bicyclic) bond motifs is 1. The molecule has 22 heavy (non-hydrogen) atoms. The number of carbonyl (C=O) groups is 1. The van der Waals surface area contributed by atoms with Crippen LogP contribution >= 0.6 is 0 Å². The van der Waals surface area contributed by atoms with Crippen molar-refractivity contribution in [1.82, 2.24) is 9.97 Å². The maximum atomic E-state index is 12.2. The summed E-state index contributed by atoms with van der Waals surface area (Å²) in [5, 5.41) is 1.81. The van der Waals surface area contributed by atoms with E-state index in [1.165, 1.54) is 0 Å². The summed E-state index contributed by atoms with van der Waals surface area (Å²) < 4.78 is 5.34. The predicted octanol–water partition coefficient (Wildman–Crippen LogP) is 3.42. The van der Waals surface area contributed by atoms with E-state index in [9.17, 15) is 4.79 Å². The lowest BCUT2D eigenvalue weighted by Crippen LogP contribution is -2.09. The third-order valence-electron chi connectivity index (χ3n) is 3.43. The van der Waals surface area contributed by atoms with E-state index in [0.717, 1.165) is 29.2 Å². The summed E-state index contributed by atoms with van der Waals surface area (Å²) in [6, 6.07) is 13.5. The minimum Gasteiger partial charge on any atom is -0.461 e. The van der Waals surface area contributed by atoms with Gasteiger partial charge in [-0.3, -0.25) is 4.98 Å². The highest BCUT2D eigenvalue weighted by atomic mass is 16.5. The van der Waals surface area contributed by atoms with E-state index >= 15 is 0 Å². The number of hydrogen-bond acceptors (Lipinski definition) is 4. The first kappa shape index (κ1) is 14.2. The van der Waals surface area contributed by atoms with Gasteiger partial charge in [0.1, 0.15) is 0 Å². The van der Waals surface area contributed by atoms with Crippen LogP contribution in [-0.4, -0.2) is 22.5 Å². The van der Waals surface area contributed by atoms with Gasteiger partial charge in [-0.25, -0.2) is 9.78 Å². The third kappa shape index (κ3) is 3.28. The van der Waals surface area contributed by atoms with Crippen LogP contribution in [0.1, 0.15) is 22.5 Å². The van der Waals surface area contributed by atoms with Gasteiger partial charge in [-0.1, -0.05) is 30.3 Å². The van der Waals surface area contributed by atoms with Crippen molar-refractivity contribution in [2.24, 2.45) is 0 Å². The molecule has 0 atom stereocenters. The molecule has 0 unspecified atom stereocenters. The fourth-order valence-electron chi connectivity index (χ4n) is 2.34. The van der Waals surface area contributed by atoms with Crippen molar-refractivity contribution in [3.8, 4) is 0 Å². The van der Waals surface area contributed by atoms with Crippen LogP contribution in [-0.2, 0) is 11.2 Å². The Morgan fingerprint density at radius 3 is 2.82 bits per heavy atom. The number of aromatic nitrogens is 2. The third-order valence-corrected chi connectivity index (χ3v) is 3.43. The average molecular weight is 292 g/mol. The number of pyridine rings is 2. The summed E-state index contributed by atoms with van der Waals surface area (Å²) in [4.78, 5) is 20.4. The molecule has 110 valence electrons. The molecule has 4 heteroatoms. The highest BCUT2D eigenvalue weighted by molar-refractivity contribution is 6.02. The quantitative estimate of drug-likeness (QED) is 0.534. The molecule has 0 spiro atoms. The lowest BCUT2D eigenvalue weighted by molar-refractivity contribution is 0.0496. The zero-order valence-corrected chi connectivity index (χ0v) is 12.1. The topological polar surface area (TPSA) is 52.1 Å². The molecule has 0 radical (unpaired) electrons. The van der Waals surface area contributed by atoms with Gasteiger partial charge in [0.05, 0.1) is 6.61 Å². The molecule has 0 saturated heterocycles. The van der Waals surface area contributed by atoms with Crippen LogP contribution in [0.2, 0.25) is 0 Å². The van der Waals surface area contributed by atoms with Crippen molar-refractivity contribution >= 4 is 16.7 Å². The summed E-state index contributed by atoms with van der Waals surface area (Å²) in [7, 11) is 0. The van der Waals surface area contributed by atoms with Gasteiger partial charge >= 0.3 is 5.97 Å². The van der Waals surface area contributed by atoms with Crippen LogP contribution in [0.15, 0.2) is 61.1 Å². The summed E-state index contributed by atoms with van der Waals surface area (Å²) in [6.07, 6.45) is 6.81. The highest BCUT2D eigenvalue weighted by Crippen LogP contribution is 2.17. The van der Waals surface area contributed by atoms with Crippen LogP contribution in [0.5, 0.6) is 0 Å². The largest absolute Gasteiger partial charge is 0.461 e. The van der Waals surface area contributed by atoms with E-state index in [1.54, 1.807) is 12.4 Å². The number of rotatable bonds is 5. The first-order valence-corrected chi connectivity index (χ1v) is 7.24. The Kier molecular flexibility index (Phi) is 4.39. The van der Waals surface area contributed by atoms with Crippen LogP contribution < -0.4 is 0 Å². The Labute approximate surface area is 128 Å². The molecule has 0 amide bonds. The van der Waals surface area contributed by atoms with E-state index < -0.39 is 0 Å². The fraction of sp³-hybridized carbons (Fsp3) is 0.167. The lowest BCUT2D eigenvalue weighted by atomic mass is 10.1. The zero-order valence-electron chi connectivity index (χ0n) is 12.1. The number of hydrogen-bond donors (Lipinski definition) is 0. The summed E-state index contributed by atoms with van der Waals surface area (Å²) in [5.41, 5.74) is 1.52. The van der Waals surface area contributed by atoms with Crippen molar-refractivity contribution in [3.05, 3.63) is 72.3 Å². The van der Waals surface area contributed by atoms with Crippen molar-refractivity contribution in [2.75, 3.05) is 6.61 Å². The van der Waals surface area contributed by atoms with Crippen molar-refractivity contribution in [1.29, 1.82) is 0 Å². The molecule has 4 nitrogen and oxygen atoms in total. The number of carbonyl (C=O) groups excluding carboxylic acids is 1. The SMILES string of the molecule is O=C(OCCCc1cccnc1)c1nccc2ccccc12. The number of nitrogens with zero attached hydrogens (tertiary/aromatic N) is 2. The van der Waals surface area contributed by atoms with Crippen molar-refractivity contribution < 1.29 is 9.53 Å². The van der Waals surface area contributed by atoms with E-state index in [4.69, 9.17) is 4.74 Å². The maximum absolute atomic E-state index is 12.2. The van der Waals surface area contributed by atoms with E-state index in [2.05, 4.69) is 9.97 Å². The van der Waals surface area contributed by atoms with Crippen LogP contribution in [0, 0.1) is 0 Å². The first-order chi connectivity index (χ1) is 10.8. The monoisotopic (exact) mass is 292 g/mol. The molecule has 0 aliphatic rings. The second kappa shape index (κ2) is 6.80. The van der Waals surface area contributed by atoms with Gasteiger partial charge in [-0.2, -0.15) is 0 Å². The first-order valence-electron chi connectivity index (χ1n) is 7.24. The van der Waals surface area contributed by atoms with Crippen molar-refractivity contribution in [2.45, 2.75) is 12.8 Å². The molecular weight excluding hydrogens is 276 g/mol. The Balaban J connectivity index is 1.60. The summed E-state index contributed by atoms with van der Waals surface area (Å²) >= 11 is 0. The summed E-state index contributed by atoms with van der Waals surface area (Å²) in [6.45, 7) is 0.374. The minimum atomic E-state index is -0.372. The number of esters is 1. The minimum absolute atomic E-state index is 0.372. The van der Waals surface area contributed by atoms with Crippen LogP contribution in [0.3, 0.4) is 0 Å². The lowest BCUT2D eigenvalue weighted by Gasteiger charge is -2.06. The molecular formula is C18H16N2O2. The molecule has 2 heterocycles. The van der Waals surface area contributed by atoms with Gasteiger partial charge < -0.3 is 4.74 Å². The smallest absolute Gasteiger partial charge is 0.357 e. The van der Waals surface area contributed by atoms with E-state index in [0.29, 0.717) is 12.3 Å². The Bertz CT molecular complexity index is 767. The van der Waals surface area contributed by atoms with E-state index in [1.807, 2.05) is 48.7 Å². The second-order valence-corrected chi connectivity index (χ2v) is 4.98. The van der Waals surface area contributed by atoms with Gasteiger partial charge in [0, 0.05) is 24.0 Å². The van der Waals surface area contributed by atoms with E-state index in [-0.39, 0.29) is 5.97 Å². The maximum Gasteiger partial charge on any atom is 0.357 e. The molecule has 0 N–H and O–H groups in total. The highest BCUT2D eigenvalue weighted by Gasteiger charge is 2.12. The molecule has 0 fully saturated rings. The van der Waals surface area contributed by atoms with Gasteiger partial charge in [0.2, 0.25) is 0 Å². The van der Waals surface area contributed by atoms with Gasteiger partial charge in [-0.15, -0.1) is 0 Å². The Morgan fingerprint density at radius 2 is 1.95 bits per heavy atom. The van der Waals surface area contributed by atoms with Crippen molar-refractivity contribution in [3.63, 3.8) is 0 Å². The Morgan fingerprint density at radius 1 is 1.05 bits per heavy atom. The molecule has 0 saturated carbocycles. The Hall–Kier alpha value is -2.75. The number of ether oxygens (including phenoxy) is 1. The van der Waals surface area contributed by atoms with Crippen LogP contribution in [0.25, 0.3) is 10.8 Å². The van der Waals surface area contributed by atoms with Gasteiger partial charge in [-0.05, 0) is 35.9 Å². The number of aryl methyl sites for hydroxylation is 1. The second-order valence-electron chi connectivity index (χ2n) is 4.98. The molecule has 0 aliphatic carbocycles. The molecule has 1 aromatic carbocycles. The zero-order chi connectivity index (χ0) is 15.2. The molecule has 2 aromatic heterocycles. The predicted molar refractivity (Wildman–Crippen MR) is 84.6 cm³/mol. The number of benzene rings is 1. The molecule has 0 aliphatic heterocycles. The summed E-state index contributed by atoms with van der Waals surface area (Å²) in [5.74, 6) is -0.372. The van der Waals surface area contributed by atoms with Gasteiger partial charge in [0.25, 0.3) is 0 Å². The average Bonchev–Trinajstić information content (AvgIpc) is 2.59. The normalized spacial score (nSPS) is 10.5. The molecule has 3 aromatic rings. The van der Waals surface area contributed by atoms with Crippen LogP contribution in [0.4, 0.5) is 0 Å². The standard InChI is InChI=1S/C18H16N2O2/c21-18(22-12-4-6-14-5-3-10-19-13-14)17-16-8-2-1-7-15(16)9-11-20-17/h1-3,5,7-11,13H,4,6,12H2.